The molecule has 1 saturated heterocycles. The fraction of sp³-hybridized carbons (Fsp3) is 0.462. The van der Waals surface area contributed by atoms with E-state index in [1.54, 1.807) is 10.7 Å². The zero-order valence-corrected chi connectivity index (χ0v) is 11.0. The Balaban J connectivity index is 1.68. The average molecular weight is 276 g/mol. The van der Waals surface area contributed by atoms with Crippen LogP contribution >= 0.6 is 0 Å². The Labute approximate surface area is 115 Å². The van der Waals surface area contributed by atoms with Crippen LogP contribution in [-0.2, 0) is 6.54 Å². The summed E-state index contributed by atoms with van der Waals surface area (Å²) in [6, 6.07) is 3.35. The van der Waals surface area contributed by atoms with E-state index in [9.17, 15) is 4.79 Å². The number of piperidine rings is 1. The van der Waals surface area contributed by atoms with Gasteiger partial charge in [-0.25, -0.2) is 9.48 Å². The van der Waals surface area contributed by atoms with Crippen LogP contribution in [0.25, 0.3) is 0 Å². The molecule has 0 bridgehead atoms. The molecular formula is C13H16N4O3. The van der Waals surface area contributed by atoms with Gasteiger partial charge in [-0.15, -0.1) is 5.10 Å². The van der Waals surface area contributed by atoms with Gasteiger partial charge in [0, 0.05) is 0 Å². The van der Waals surface area contributed by atoms with E-state index in [-0.39, 0.29) is 11.8 Å². The second-order valence-electron chi connectivity index (χ2n) is 4.91. The van der Waals surface area contributed by atoms with Gasteiger partial charge in [-0.2, -0.15) is 0 Å². The Hall–Kier alpha value is -2.15. The number of hydrogen-bond donors (Lipinski definition) is 2. The maximum absolute atomic E-state index is 10.7. The van der Waals surface area contributed by atoms with Crippen molar-refractivity contribution in [1.29, 1.82) is 0 Å². The summed E-state index contributed by atoms with van der Waals surface area (Å²) in [5.74, 6) is -0.577. The van der Waals surface area contributed by atoms with Crippen LogP contribution in [0.2, 0.25) is 0 Å². The van der Waals surface area contributed by atoms with Gasteiger partial charge in [0.15, 0.2) is 0 Å². The molecule has 1 aliphatic heterocycles. The third kappa shape index (κ3) is 2.72. The third-order valence-electron chi connectivity index (χ3n) is 3.41. The fourth-order valence-electron chi connectivity index (χ4n) is 2.39. The SMILES string of the molecule is O=C(O)c1ccc(Cn2cc(C3CCCCN3)nn2)o1. The Bertz CT molecular complexity index is 598. The summed E-state index contributed by atoms with van der Waals surface area (Å²) in [6.45, 7) is 1.39. The predicted octanol–water partition coefficient (Wildman–Crippen LogP) is 1.43. The van der Waals surface area contributed by atoms with E-state index in [0.29, 0.717) is 12.3 Å². The van der Waals surface area contributed by atoms with E-state index in [1.165, 1.54) is 18.9 Å². The lowest BCUT2D eigenvalue weighted by molar-refractivity contribution is 0.0660. The quantitative estimate of drug-likeness (QED) is 0.877. The number of carboxylic acids is 1. The summed E-state index contributed by atoms with van der Waals surface area (Å²) in [6.07, 6.45) is 5.36. The van der Waals surface area contributed by atoms with Crippen LogP contribution in [0.15, 0.2) is 22.7 Å². The normalized spacial score (nSPS) is 19.1. The standard InChI is InChI=1S/C13H16N4O3/c18-13(19)12-5-4-9(20-12)7-17-8-11(15-16-17)10-3-1-2-6-14-10/h4-5,8,10,14H,1-3,6-7H2,(H,18,19). The molecule has 2 N–H and O–H groups in total. The molecule has 2 aromatic rings. The van der Waals surface area contributed by atoms with Crippen molar-refractivity contribution in [3.05, 3.63) is 35.5 Å². The third-order valence-corrected chi connectivity index (χ3v) is 3.41. The molecule has 106 valence electrons. The Morgan fingerprint density at radius 1 is 1.50 bits per heavy atom. The number of nitrogens with zero attached hydrogens (tertiary/aromatic N) is 3. The number of aromatic nitrogens is 3. The first-order valence-corrected chi connectivity index (χ1v) is 6.68. The molecule has 3 heterocycles. The highest BCUT2D eigenvalue weighted by atomic mass is 16.4. The topological polar surface area (TPSA) is 93.2 Å². The summed E-state index contributed by atoms with van der Waals surface area (Å²) in [5, 5.41) is 20.4. The summed E-state index contributed by atoms with van der Waals surface area (Å²) >= 11 is 0. The summed E-state index contributed by atoms with van der Waals surface area (Å²) in [4.78, 5) is 10.7. The van der Waals surface area contributed by atoms with Crippen molar-refractivity contribution in [3.63, 3.8) is 0 Å². The van der Waals surface area contributed by atoms with E-state index < -0.39 is 5.97 Å². The number of rotatable bonds is 4. The van der Waals surface area contributed by atoms with Gasteiger partial charge in [0.1, 0.15) is 12.3 Å². The van der Waals surface area contributed by atoms with Gasteiger partial charge < -0.3 is 14.8 Å². The van der Waals surface area contributed by atoms with Crippen LogP contribution in [0.3, 0.4) is 0 Å². The number of aromatic carboxylic acids is 1. The van der Waals surface area contributed by atoms with Crippen LogP contribution in [0.4, 0.5) is 0 Å². The number of carboxylic acid groups (broad SMARTS) is 1. The van der Waals surface area contributed by atoms with E-state index in [4.69, 9.17) is 9.52 Å². The van der Waals surface area contributed by atoms with Gasteiger partial charge in [0.05, 0.1) is 17.9 Å². The summed E-state index contributed by atoms with van der Waals surface area (Å²) in [5.41, 5.74) is 0.926. The zero-order chi connectivity index (χ0) is 13.9. The van der Waals surface area contributed by atoms with E-state index in [1.807, 2.05) is 6.20 Å². The van der Waals surface area contributed by atoms with Crippen molar-refractivity contribution >= 4 is 5.97 Å². The average Bonchev–Trinajstić information content (AvgIpc) is 3.10. The van der Waals surface area contributed by atoms with E-state index in [0.717, 1.165) is 18.7 Å². The Morgan fingerprint density at radius 2 is 2.40 bits per heavy atom. The second kappa shape index (κ2) is 5.46. The molecule has 3 rings (SSSR count). The summed E-state index contributed by atoms with van der Waals surface area (Å²) < 4.78 is 6.86. The minimum atomic E-state index is -1.07. The molecule has 1 unspecified atom stereocenters. The molecule has 20 heavy (non-hydrogen) atoms. The molecule has 1 fully saturated rings. The zero-order valence-electron chi connectivity index (χ0n) is 11.0. The molecule has 0 amide bonds. The molecule has 2 aromatic heterocycles. The predicted molar refractivity (Wildman–Crippen MR) is 69.4 cm³/mol. The van der Waals surface area contributed by atoms with Crippen molar-refractivity contribution < 1.29 is 14.3 Å². The van der Waals surface area contributed by atoms with Crippen molar-refractivity contribution in [2.24, 2.45) is 0 Å². The van der Waals surface area contributed by atoms with E-state index in [2.05, 4.69) is 15.6 Å². The van der Waals surface area contributed by atoms with Gasteiger partial charge in [-0.1, -0.05) is 11.6 Å². The highest BCUT2D eigenvalue weighted by molar-refractivity contribution is 5.84. The first-order valence-electron chi connectivity index (χ1n) is 6.68. The monoisotopic (exact) mass is 276 g/mol. The lowest BCUT2D eigenvalue weighted by Crippen LogP contribution is -2.27. The first-order chi connectivity index (χ1) is 9.72. The van der Waals surface area contributed by atoms with Crippen LogP contribution < -0.4 is 5.32 Å². The molecule has 0 radical (unpaired) electrons. The highest BCUT2D eigenvalue weighted by Crippen LogP contribution is 2.20. The van der Waals surface area contributed by atoms with Crippen molar-refractivity contribution in [2.75, 3.05) is 6.54 Å². The number of hydrogen-bond acceptors (Lipinski definition) is 5. The molecular weight excluding hydrogens is 260 g/mol. The number of furan rings is 1. The van der Waals surface area contributed by atoms with Crippen LogP contribution in [0.1, 0.15) is 47.3 Å². The molecule has 0 aromatic carbocycles. The van der Waals surface area contributed by atoms with Crippen LogP contribution in [0.5, 0.6) is 0 Å². The van der Waals surface area contributed by atoms with Crippen molar-refractivity contribution in [3.8, 4) is 0 Å². The van der Waals surface area contributed by atoms with Gasteiger partial charge in [-0.3, -0.25) is 0 Å². The Morgan fingerprint density at radius 3 is 3.10 bits per heavy atom. The number of carbonyl (C=O) groups is 1. The minimum Gasteiger partial charge on any atom is -0.475 e. The molecule has 0 saturated carbocycles. The maximum atomic E-state index is 10.7. The van der Waals surface area contributed by atoms with Gasteiger partial charge in [-0.05, 0) is 31.5 Å². The van der Waals surface area contributed by atoms with Crippen molar-refractivity contribution in [2.45, 2.75) is 31.8 Å². The molecule has 0 spiro atoms. The lowest BCUT2D eigenvalue weighted by Gasteiger charge is -2.20. The minimum absolute atomic E-state index is 0.0608. The lowest BCUT2D eigenvalue weighted by atomic mass is 10.0. The smallest absolute Gasteiger partial charge is 0.371 e. The molecule has 7 nitrogen and oxygen atoms in total. The molecule has 7 heteroatoms. The molecule has 0 aliphatic carbocycles. The fourth-order valence-corrected chi connectivity index (χ4v) is 2.39. The van der Waals surface area contributed by atoms with E-state index >= 15 is 0 Å². The Kier molecular flexibility index (Phi) is 3.51. The number of nitrogens with one attached hydrogen (secondary N) is 1. The molecule has 1 aliphatic rings. The molecule has 1 atom stereocenters. The van der Waals surface area contributed by atoms with Gasteiger partial charge in [0.25, 0.3) is 0 Å². The van der Waals surface area contributed by atoms with Crippen LogP contribution in [0, 0.1) is 0 Å². The summed E-state index contributed by atoms with van der Waals surface area (Å²) in [7, 11) is 0. The highest BCUT2D eigenvalue weighted by Gasteiger charge is 2.18. The largest absolute Gasteiger partial charge is 0.475 e. The van der Waals surface area contributed by atoms with Crippen LogP contribution in [-0.4, -0.2) is 32.6 Å². The maximum Gasteiger partial charge on any atom is 0.371 e. The van der Waals surface area contributed by atoms with Gasteiger partial charge >= 0.3 is 5.97 Å². The van der Waals surface area contributed by atoms with Crippen molar-refractivity contribution in [1.82, 2.24) is 20.3 Å². The van der Waals surface area contributed by atoms with Gasteiger partial charge in [0.2, 0.25) is 5.76 Å². The first kappa shape index (κ1) is 12.9. The second-order valence-corrected chi connectivity index (χ2v) is 4.91.